The van der Waals surface area contributed by atoms with Gasteiger partial charge in [-0.15, -0.1) is 0 Å². The molecule has 0 radical (unpaired) electrons. The summed E-state index contributed by atoms with van der Waals surface area (Å²) in [6.45, 7) is 1.98. The van der Waals surface area contributed by atoms with Gasteiger partial charge in [0.05, 0.1) is 5.92 Å². The van der Waals surface area contributed by atoms with Gasteiger partial charge in [-0.1, -0.05) is 30.7 Å². The predicted octanol–water partition coefficient (Wildman–Crippen LogP) is 2.70. The first-order valence-corrected chi connectivity index (χ1v) is 4.91. The summed E-state index contributed by atoms with van der Waals surface area (Å²) in [5.41, 5.74) is 0.880. The quantitative estimate of drug-likeness (QED) is 0.815. The van der Waals surface area contributed by atoms with Crippen molar-refractivity contribution in [2.24, 2.45) is 5.92 Å². The number of carboxylic acid groups (broad SMARTS) is 1. The third kappa shape index (κ3) is 1.40. The molecular weight excluding hydrogens is 200 g/mol. The lowest BCUT2D eigenvalue weighted by atomic mass is 9.96. The molecule has 0 aromatic heterocycles. The fourth-order valence-electron chi connectivity index (χ4n) is 1.87. The molecule has 2 rings (SSSR count). The standard InChI is InChI=1S/C11H11ClO2/c1-11(6-9(11)10(13)14)7-2-4-8(12)5-3-7/h2-5,9H,6H2,1H3,(H,13,14)/t9-,11?/m0/s1. The second kappa shape index (κ2) is 2.99. The molecule has 3 heteroatoms. The van der Waals surface area contributed by atoms with Crippen molar-refractivity contribution in [1.29, 1.82) is 0 Å². The minimum Gasteiger partial charge on any atom is -0.481 e. The average Bonchev–Trinajstić information content (AvgIpc) is 2.80. The van der Waals surface area contributed by atoms with Crippen LogP contribution < -0.4 is 0 Å². The Morgan fingerprint density at radius 3 is 2.50 bits per heavy atom. The molecule has 0 heterocycles. The summed E-state index contributed by atoms with van der Waals surface area (Å²) in [5.74, 6) is -0.939. The van der Waals surface area contributed by atoms with Gasteiger partial charge in [0, 0.05) is 10.4 Å². The third-order valence-electron chi connectivity index (χ3n) is 3.04. The molecule has 0 spiro atoms. The molecule has 74 valence electrons. The van der Waals surface area contributed by atoms with Crippen LogP contribution in [-0.2, 0) is 10.2 Å². The number of halogens is 1. The highest BCUT2D eigenvalue weighted by atomic mass is 35.5. The summed E-state index contributed by atoms with van der Waals surface area (Å²) in [5, 5.41) is 9.56. The largest absolute Gasteiger partial charge is 0.481 e. The topological polar surface area (TPSA) is 37.3 Å². The van der Waals surface area contributed by atoms with Crippen molar-refractivity contribution < 1.29 is 9.90 Å². The highest BCUT2D eigenvalue weighted by Gasteiger charge is 2.55. The van der Waals surface area contributed by atoms with Crippen molar-refractivity contribution in [3.8, 4) is 0 Å². The van der Waals surface area contributed by atoms with Crippen LogP contribution in [0.5, 0.6) is 0 Å². The van der Waals surface area contributed by atoms with Crippen LogP contribution in [0.4, 0.5) is 0 Å². The van der Waals surface area contributed by atoms with Crippen LogP contribution in [0.2, 0.25) is 5.02 Å². The van der Waals surface area contributed by atoms with Gasteiger partial charge in [-0.3, -0.25) is 4.79 Å². The molecule has 1 aliphatic rings. The lowest BCUT2D eigenvalue weighted by molar-refractivity contribution is -0.138. The molecule has 1 saturated carbocycles. The van der Waals surface area contributed by atoms with Crippen LogP contribution in [0.15, 0.2) is 24.3 Å². The number of aliphatic carboxylic acids is 1. The lowest BCUT2D eigenvalue weighted by Crippen LogP contribution is -2.10. The molecule has 2 atom stereocenters. The molecule has 0 bridgehead atoms. The van der Waals surface area contributed by atoms with Gasteiger partial charge in [-0.05, 0) is 24.1 Å². The van der Waals surface area contributed by atoms with Gasteiger partial charge >= 0.3 is 5.97 Å². The van der Waals surface area contributed by atoms with E-state index >= 15 is 0 Å². The second-order valence-corrected chi connectivity index (χ2v) is 4.46. The lowest BCUT2D eigenvalue weighted by Gasteiger charge is -2.09. The van der Waals surface area contributed by atoms with Gasteiger partial charge < -0.3 is 5.11 Å². The molecule has 1 N–H and O–H groups in total. The van der Waals surface area contributed by atoms with E-state index in [0.29, 0.717) is 5.02 Å². The van der Waals surface area contributed by atoms with Crippen molar-refractivity contribution in [1.82, 2.24) is 0 Å². The zero-order chi connectivity index (χ0) is 10.3. The minimum atomic E-state index is -0.706. The van der Waals surface area contributed by atoms with Crippen LogP contribution in [0, 0.1) is 5.92 Å². The number of carboxylic acids is 1. The molecule has 2 nitrogen and oxygen atoms in total. The monoisotopic (exact) mass is 210 g/mol. The van der Waals surface area contributed by atoms with E-state index in [1.54, 1.807) is 12.1 Å². The predicted molar refractivity (Wildman–Crippen MR) is 54.5 cm³/mol. The Morgan fingerprint density at radius 1 is 1.50 bits per heavy atom. The molecule has 0 amide bonds. The molecule has 0 aliphatic heterocycles. The van der Waals surface area contributed by atoms with Gasteiger partial charge in [0.25, 0.3) is 0 Å². The Labute approximate surface area is 87.5 Å². The third-order valence-corrected chi connectivity index (χ3v) is 3.29. The van der Waals surface area contributed by atoms with Crippen LogP contribution in [0.1, 0.15) is 18.9 Å². The second-order valence-electron chi connectivity index (χ2n) is 4.02. The van der Waals surface area contributed by atoms with Gasteiger partial charge in [-0.2, -0.15) is 0 Å². The highest BCUT2D eigenvalue weighted by Crippen LogP contribution is 2.54. The van der Waals surface area contributed by atoms with Crippen LogP contribution in [0.3, 0.4) is 0 Å². The van der Waals surface area contributed by atoms with Crippen molar-refractivity contribution in [3.05, 3.63) is 34.9 Å². The summed E-state index contributed by atoms with van der Waals surface area (Å²) in [6, 6.07) is 7.43. The first-order valence-electron chi connectivity index (χ1n) is 4.53. The van der Waals surface area contributed by atoms with Crippen LogP contribution in [-0.4, -0.2) is 11.1 Å². The number of hydrogen-bond donors (Lipinski definition) is 1. The molecule has 1 aromatic carbocycles. The Hall–Kier alpha value is -1.02. The smallest absolute Gasteiger partial charge is 0.307 e. The number of benzene rings is 1. The Kier molecular flexibility index (Phi) is 2.04. The summed E-state index contributed by atoms with van der Waals surface area (Å²) in [6.07, 6.45) is 0.726. The van der Waals surface area contributed by atoms with Gasteiger partial charge in [0.1, 0.15) is 0 Å². The minimum absolute atomic E-state index is 0.184. The molecule has 0 saturated heterocycles. The van der Waals surface area contributed by atoms with E-state index < -0.39 is 5.97 Å². The molecule has 1 aliphatic carbocycles. The SMILES string of the molecule is CC1(c2ccc(Cl)cc2)C[C@H]1C(=O)O. The van der Waals surface area contributed by atoms with Crippen LogP contribution in [0.25, 0.3) is 0 Å². The summed E-state index contributed by atoms with van der Waals surface area (Å²) < 4.78 is 0. The first-order chi connectivity index (χ1) is 6.54. The Morgan fingerprint density at radius 2 is 2.07 bits per heavy atom. The van der Waals surface area contributed by atoms with E-state index in [4.69, 9.17) is 16.7 Å². The zero-order valence-corrected chi connectivity index (χ0v) is 8.58. The highest BCUT2D eigenvalue weighted by molar-refractivity contribution is 6.30. The number of hydrogen-bond acceptors (Lipinski definition) is 1. The van der Waals surface area contributed by atoms with Crippen LogP contribution >= 0.6 is 11.6 Å². The van der Waals surface area contributed by atoms with E-state index in [1.807, 2.05) is 19.1 Å². The molecule has 14 heavy (non-hydrogen) atoms. The number of carbonyl (C=O) groups is 1. The maximum Gasteiger partial charge on any atom is 0.307 e. The maximum atomic E-state index is 10.8. The molecule has 1 aromatic rings. The fourth-order valence-corrected chi connectivity index (χ4v) is 2.00. The molecular formula is C11H11ClO2. The van der Waals surface area contributed by atoms with Crippen molar-refractivity contribution >= 4 is 17.6 Å². The average molecular weight is 211 g/mol. The number of rotatable bonds is 2. The van der Waals surface area contributed by atoms with Gasteiger partial charge in [-0.25, -0.2) is 0 Å². The van der Waals surface area contributed by atoms with E-state index in [1.165, 1.54) is 0 Å². The zero-order valence-electron chi connectivity index (χ0n) is 7.83. The van der Waals surface area contributed by atoms with E-state index in [-0.39, 0.29) is 11.3 Å². The normalized spacial score (nSPS) is 30.0. The maximum absolute atomic E-state index is 10.8. The fraction of sp³-hybridized carbons (Fsp3) is 0.364. The Bertz CT molecular complexity index is 371. The van der Waals surface area contributed by atoms with Gasteiger partial charge in [0.15, 0.2) is 0 Å². The first kappa shape index (κ1) is 9.53. The molecule has 1 unspecified atom stereocenters. The Balaban J connectivity index is 2.25. The van der Waals surface area contributed by atoms with Gasteiger partial charge in [0.2, 0.25) is 0 Å². The van der Waals surface area contributed by atoms with E-state index in [0.717, 1.165) is 12.0 Å². The summed E-state index contributed by atoms with van der Waals surface area (Å²) in [4.78, 5) is 10.8. The summed E-state index contributed by atoms with van der Waals surface area (Å²) in [7, 11) is 0. The molecule has 1 fully saturated rings. The van der Waals surface area contributed by atoms with Crippen molar-refractivity contribution in [2.45, 2.75) is 18.8 Å². The summed E-state index contributed by atoms with van der Waals surface area (Å²) >= 11 is 5.76. The van der Waals surface area contributed by atoms with E-state index in [9.17, 15) is 4.79 Å². The van der Waals surface area contributed by atoms with E-state index in [2.05, 4.69) is 0 Å². The van der Waals surface area contributed by atoms with Crippen molar-refractivity contribution in [3.63, 3.8) is 0 Å². The van der Waals surface area contributed by atoms with Crippen molar-refractivity contribution in [2.75, 3.05) is 0 Å².